The summed E-state index contributed by atoms with van der Waals surface area (Å²) in [4.78, 5) is 0.313. The van der Waals surface area contributed by atoms with Gasteiger partial charge in [0.15, 0.2) is 0 Å². The summed E-state index contributed by atoms with van der Waals surface area (Å²) >= 11 is 9.56. The van der Waals surface area contributed by atoms with Crippen molar-refractivity contribution in [2.75, 3.05) is 0 Å². The van der Waals surface area contributed by atoms with E-state index in [9.17, 15) is 4.39 Å². The van der Waals surface area contributed by atoms with E-state index in [1.165, 1.54) is 25.3 Å². The maximum Gasteiger partial charge on any atom is 0.127 e. The van der Waals surface area contributed by atoms with Gasteiger partial charge in [0.2, 0.25) is 0 Å². The van der Waals surface area contributed by atoms with Gasteiger partial charge in [-0.3, -0.25) is 0 Å². The highest BCUT2D eigenvalue weighted by molar-refractivity contribution is 9.09. The summed E-state index contributed by atoms with van der Waals surface area (Å²) in [5.41, 5.74) is 0.627. The van der Waals surface area contributed by atoms with Crippen molar-refractivity contribution in [1.82, 2.24) is 0 Å². The Morgan fingerprint density at radius 3 is 2.75 bits per heavy atom. The zero-order chi connectivity index (χ0) is 12.0. The Morgan fingerprint density at radius 2 is 2.12 bits per heavy atom. The first-order chi connectivity index (χ1) is 7.65. The number of alkyl halides is 1. The van der Waals surface area contributed by atoms with Crippen molar-refractivity contribution in [3.05, 3.63) is 34.6 Å². The van der Waals surface area contributed by atoms with E-state index in [4.69, 9.17) is 11.6 Å². The Bertz CT molecular complexity index is 307. The molecule has 0 amide bonds. The van der Waals surface area contributed by atoms with Crippen molar-refractivity contribution in [2.45, 2.75) is 43.9 Å². The van der Waals surface area contributed by atoms with Crippen LogP contribution in [0.15, 0.2) is 18.2 Å². The van der Waals surface area contributed by atoms with Gasteiger partial charge in [-0.15, -0.1) is 0 Å². The van der Waals surface area contributed by atoms with E-state index in [0.29, 0.717) is 21.8 Å². The summed E-state index contributed by atoms with van der Waals surface area (Å²) < 4.78 is 13.5. The van der Waals surface area contributed by atoms with E-state index in [2.05, 4.69) is 22.9 Å². The molecule has 1 atom stereocenters. The molecule has 0 aliphatic carbocycles. The lowest BCUT2D eigenvalue weighted by Crippen LogP contribution is -2.05. The average molecular weight is 308 g/mol. The molecule has 1 aromatic rings. The molecule has 0 heterocycles. The lowest BCUT2D eigenvalue weighted by molar-refractivity contribution is 0.595. The summed E-state index contributed by atoms with van der Waals surface area (Å²) in [5, 5.41) is 0.528. The van der Waals surface area contributed by atoms with E-state index in [1.54, 1.807) is 12.1 Å². The summed E-state index contributed by atoms with van der Waals surface area (Å²) in [6.07, 6.45) is 5.35. The van der Waals surface area contributed by atoms with Crippen LogP contribution in [-0.4, -0.2) is 4.83 Å². The smallest absolute Gasteiger partial charge is 0.127 e. The Balaban J connectivity index is 2.52. The van der Waals surface area contributed by atoms with Crippen LogP contribution < -0.4 is 0 Å². The van der Waals surface area contributed by atoms with Crippen molar-refractivity contribution in [3.63, 3.8) is 0 Å². The minimum atomic E-state index is -0.201. The quantitative estimate of drug-likeness (QED) is 0.490. The maximum absolute atomic E-state index is 13.5. The molecule has 1 rings (SSSR count). The molecule has 3 heteroatoms. The maximum atomic E-state index is 13.5. The summed E-state index contributed by atoms with van der Waals surface area (Å²) in [7, 11) is 0. The largest absolute Gasteiger partial charge is 0.207 e. The standard InChI is InChI=1S/C13H17BrClF/c1-2-3-4-6-10(14)9-11-12(15)7-5-8-13(11)16/h5,7-8,10H,2-4,6,9H2,1H3. The monoisotopic (exact) mass is 306 g/mol. The molecular weight excluding hydrogens is 290 g/mol. The van der Waals surface area contributed by atoms with Crippen LogP contribution in [0.4, 0.5) is 4.39 Å². The molecule has 0 N–H and O–H groups in total. The number of halogens is 3. The zero-order valence-corrected chi connectivity index (χ0v) is 11.8. The van der Waals surface area contributed by atoms with Gasteiger partial charge in [-0.1, -0.05) is 59.8 Å². The number of unbranched alkanes of at least 4 members (excludes halogenated alkanes) is 2. The number of benzene rings is 1. The fourth-order valence-corrected chi connectivity index (χ4v) is 2.55. The van der Waals surface area contributed by atoms with Crippen molar-refractivity contribution in [1.29, 1.82) is 0 Å². The van der Waals surface area contributed by atoms with Gasteiger partial charge in [-0.25, -0.2) is 4.39 Å². The van der Waals surface area contributed by atoms with Crippen LogP contribution in [0.1, 0.15) is 38.2 Å². The van der Waals surface area contributed by atoms with E-state index in [1.807, 2.05) is 0 Å². The van der Waals surface area contributed by atoms with Crippen molar-refractivity contribution in [3.8, 4) is 0 Å². The molecule has 0 nitrogen and oxygen atoms in total. The van der Waals surface area contributed by atoms with Gasteiger partial charge in [-0.05, 0) is 25.0 Å². The first kappa shape index (κ1) is 14.0. The Kier molecular flexibility index (Phi) is 6.37. The van der Waals surface area contributed by atoms with E-state index in [0.717, 1.165) is 6.42 Å². The molecule has 1 aromatic carbocycles. The molecule has 0 spiro atoms. The average Bonchev–Trinajstić information content (AvgIpc) is 2.24. The first-order valence-corrected chi connectivity index (χ1v) is 7.01. The third-order valence-electron chi connectivity index (χ3n) is 2.61. The predicted octanol–water partition coefficient (Wildman–Crippen LogP) is 5.37. The summed E-state index contributed by atoms with van der Waals surface area (Å²) in [6, 6.07) is 4.85. The lowest BCUT2D eigenvalue weighted by atomic mass is 10.0. The Morgan fingerprint density at radius 1 is 1.38 bits per heavy atom. The molecule has 0 aliphatic heterocycles. The van der Waals surface area contributed by atoms with E-state index < -0.39 is 0 Å². The molecule has 16 heavy (non-hydrogen) atoms. The Hall–Kier alpha value is -0.0800. The van der Waals surface area contributed by atoms with Crippen molar-refractivity contribution < 1.29 is 4.39 Å². The third kappa shape index (κ3) is 4.42. The van der Waals surface area contributed by atoms with Crippen LogP contribution in [0.2, 0.25) is 5.02 Å². The fourth-order valence-electron chi connectivity index (χ4n) is 1.67. The molecule has 0 aromatic heterocycles. The minimum absolute atomic E-state index is 0.201. The second kappa shape index (κ2) is 7.29. The van der Waals surface area contributed by atoms with Crippen LogP contribution in [0.5, 0.6) is 0 Å². The fraction of sp³-hybridized carbons (Fsp3) is 0.538. The number of rotatable bonds is 6. The molecular formula is C13H17BrClF. The normalized spacial score (nSPS) is 12.8. The highest BCUT2D eigenvalue weighted by atomic mass is 79.9. The molecule has 0 saturated carbocycles. The summed E-state index contributed by atoms with van der Waals surface area (Å²) in [5.74, 6) is -0.201. The predicted molar refractivity (Wildman–Crippen MR) is 72.0 cm³/mol. The van der Waals surface area contributed by atoms with Gasteiger partial charge in [0, 0.05) is 15.4 Å². The molecule has 1 unspecified atom stereocenters. The van der Waals surface area contributed by atoms with Gasteiger partial charge >= 0.3 is 0 Å². The van der Waals surface area contributed by atoms with Gasteiger partial charge in [0.1, 0.15) is 5.82 Å². The molecule has 0 saturated heterocycles. The highest BCUT2D eigenvalue weighted by Gasteiger charge is 2.12. The van der Waals surface area contributed by atoms with Crippen LogP contribution in [0.3, 0.4) is 0 Å². The molecule has 90 valence electrons. The molecule has 0 fully saturated rings. The molecule has 0 bridgehead atoms. The van der Waals surface area contributed by atoms with Crippen LogP contribution >= 0.6 is 27.5 Å². The number of hydrogen-bond acceptors (Lipinski definition) is 0. The molecule has 0 radical (unpaired) electrons. The van der Waals surface area contributed by atoms with Gasteiger partial charge in [-0.2, -0.15) is 0 Å². The minimum Gasteiger partial charge on any atom is -0.207 e. The van der Waals surface area contributed by atoms with Crippen LogP contribution in [-0.2, 0) is 6.42 Å². The van der Waals surface area contributed by atoms with E-state index in [-0.39, 0.29) is 5.82 Å². The van der Waals surface area contributed by atoms with Crippen LogP contribution in [0.25, 0.3) is 0 Å². The van der Waals surface area contributed by atoms with Crippen LogP contribution in [0, 0.1) is 5.82 Å². The second-order valence-electron chi connectivity index (χ2n) is 4.00. The Labute approximate surface area is 110 Å². The zero-order valence-electron chi connectivity index (χ0n) is 9.48. The van der Waals surface area contributed by atoms with E-state index >= 15 is 0 Å². The topological polar surface area (TPSA) is 0 Å². The highest BCUT2D eigenvalue weighted by Crippen LogP contribution is 2.24. The third-order valence-corrected chi connectivity index (χ3v) is 3.74. The SMILES string of the molecule is CCCCCC(Br)Cc1c(F)cccc1Cl. The van der Waals surface area contributed by atoms with Crippen molar-refractivity contribution in [2.24, 2.45) is 0 Å². The summed E-state index contributed by atoms with van der Waals surface area (Å²) in [6.45, 7) is 2.18. The van der Waals surface area contributed by atoms with Gasteiger partial charge in [0.05, 0.1) is 0 Å². The first-order valence-electron chi connectivity index (χ1n) is 5.72. The lowest BCUT2D eigenvalue weighted by Gasteiger charge is -2.11. The van der Waals surface area contributed by atoms with Crippen molar-refractivity contribution >= 4 is 27.5 Å². The second-order valence-corrected chi connectivity index (χ2v) is 5.70. The molecule has 0 aliphatic rings. The number of hydrogen-bond donors (Lipinski definition) is 0. The van der Waals surface area contributed by atoms with Gasteiger partial charge in [0.25, 0.3) is 0 Å². The van der Waals surface area contributed by atoms with Gasteiger partial charge < -0.3 is 0 Å².